The SMILES string of the molecule is CCN=C(NN)NC(CC)C1CCCCC1. The summed E-state index contributed by atoms with van der Waals surface area (Å²) < 4.78 is 0. The van der Waals surface area contributed by atoms with Crippen molar-refractivity contribution in [1.82, 2.24) is 10.7 Å². The van der Waals surface area contributed by atoms with Gasteiger partial charge in [-0.25, -0.2) is 5.84 Å². The molecule has 1 aliphatic carbocycles. The van der Waals surface area contributed by atoms with E-state index in [2.05, 4.69) is 22.7 Å². The van der Waals surface area contributed by atoms with Crippen LogP contribution in [0.5, 0.6) is 0 Å². The Labute approximate surface area is 99.1 Å². The van der Waals surface area contributed by atoms with Crippen molar-refractivity contribution in [3.63, 3.8) is 0 Å². The predicted molar refractivity (Wildman–Crippen MR) is 69.1 cm³/mol. The van der Waals surface area contributed by atoms with Gasteiger partial charge in [0, 0.05) is 12.6 Å². The zero-order valence-electron chi connectivity index (χ0n) is 10.6. The average Bonchev–Trinajstić information content (AvgIpc) is 2.35. The molecular weight excluding hydrogens is 200 g/mol. The van der Waals surface area contributed by atoms with Gasteiger partial charge < -0.3 is 5.32 Å². The Balaban J connectivity index is 2.49. The van der Waals surface area contributed by atoms with Crippen LogP contribution in [0.4, 0.5) is 0 Å². The minimum Gasteiger partial charge on any atom is -0.352 e. The fourth-order valence-electron chi connectivity index (χ4n) is 2.56. The molecule has 0 radical (unpaired) electrons. The van der Waals surface area contributed by atoms with Crippen LogP contribution in [0.25, 0.3) is 0 Å². The summed E-state index contributed by atoms with van der Waals surface area (Å²) in [4.78, 5) is 4.29. The maximum absolute atomic E-state index is 5.45. The van der Waals surface area contributed by atoms with Gasteiger partial charge in [0.05, 0.1) is 0 Å². The maximum atomic E-state index is 5.45. The van der Waals surface area contributed by atoms with E-state index in [0.29, 0.717) is 6.04 Å². The van der Waals surface area contributed by atoms with Crippen molar-refractivity contribution >= 4 is 5.96 Å². The van der Waals surface area contributed by atoms with Crippen LogP contribution in [-0.2, 0) is 0 Å². The molecule has 0 bridgehead atoms. The highest BCUT2D eigenvalue weighted by atomic mass is 15.3. The van der Waals surface area contributed by atoms with Crippen molar-refractivity contribution in [2.75, 3.05) is 6.54 Å². The van der Waals surface area contributed by atoms with Crippen LogP contribution in [0.15, 0.2) is 4.99 Å². The number of aliphatic imine (C=N–C) groups is 1. The molecule has 0 heterocycles. The molecule has 1 aliphatic rings. The Morgan fingerprint density at radius 1 is 1.31 bits per heavy atom. The topological polar surface area (TPSA) is 62.4 Å². The molecule has 4 heteroatoms. The summed E-state index contributed by atoms with van der Waals surface area (Å²) in [6, 6.07) is 0.515. The van der Waals surface area contributed by atoms with Crippen LogP contribution < -0.4 is 16.6 Å². The number of nitrogens with one attached hydrogen (secondary N) is 2. The second kappa shape index (κ2) is 7.49. The molecule has 4 nitrogen and oxygen atoms in total. The Hall–Kier alpha value is -0.770. The third-order valence-electron chi connectivity index (χ3n) is 3.43. The van der Waals surface area contributed by atoms with E-state index < -0.39 is 0 Å². The Morgan fingerprint density at radius 3 is 2.50 bits per heavy atom. The minimum absolute atomic E-state index is 0.515. The summed E-state index contributed by atoms with van der Waals surface area (Å²) in [5, 5.41) is 3.44. The number of guanidine groups is 1. The lowest BCUT2D eigenvalue weighted by Gasteiger charge is -2.31. The van der Waals surface area contributed by atoms with Crippen LogP contribution in [-0.4, -0.2) is 18.5 Å². The summed E-state index contributed by atoms with van der Waals surface area (Å²) >= 11 is 0. The zero-order valence-corrected chi connectivity index (χ0v) is 10.6. The fraction of sp³-hybridized carbons (Fsp3) is 0.917. The monoisotopic (exact) mass is 226 g/mol. The van der Waals surface area contributed by atoms with Gasteiger partial charge in [0.1, 0.15) is 0 Å². The van der Waals surface area contributed by atoms with Gasteiger partial charge in [-0.3, -0.25) is 10.4 Å². The molecule has 0 aromatic heterocycles. The molecule has 0 saturated heterocycles. The summed E-state index contributed by atoms with van der Waals surface area (Å²) in [6.07, 6.45) is 7.97. The van der Waals surface area contributed by atoms with E-state index in [1.807, 2.05) is 6.92 Å². The minimum atomic E-state index is 0.515. The Bertz CT molecular complexity index is 209. The van der Waals surface area contributed by atoms with Gasteiger partial charge in [-0.1, -0.05) is 26.2 Å². The lowest BCUT2D eigenvalue weighted by atomic mass is 9.83. The molecule has 16 heavy (non-hydrogen) atoms. The van der Waals surface area contributed by atoms with Crippen molar-refractivity contribution in [2.24, 2.45) is 16.8 Å². The van der Waals surface area contributed by atoms with Crippen LogP contribution in [0.1, 0.15) is 52.4 Å². The molecule has 4 N–H and O–H groups in total. The van der Waals surface area contributed by atoms with E-state index in [9.17, 15) is 0 Å². The van der Waals surface area contributed by atoms with Crippen LogP contribution in [0.3, 0.4) is 0 Å². The van der Waals surface area contributed by atoms with Crippen LogP contribution in [0, 0.1) is 5.92 Å². The summed E-state index contributed by atoms with van der Waals surface area (Å²) in [5.74, 6) is 6.97. The highest BCUT2D eigenvalue weighted by Gasteiger charge is 2.22. The van der Waals surface area contributed by atoms with Gasteiger partial charge in [0.15, 0.2) is 0 Å². The van der Waals surface area contributed by atoms with Crippen molar-refractivity contribution < 1.29 is 0 Å². The first kappa shape index (κ1) is 13.3. The largest absolute Gasteiger partial charge is 0.352 e. The quantitative estimate of drug-likeness (QED) is 0.296. The second-order valence-corrected chi connectivity index (χ2v) is 4.52. The van der Waals surface area contributed by atoms with Gasteiger partial charge in [-0.2, -0.15) is 0 Å². The molecule has 1 atom stereocenters. The van der Waals surface area contributed by atoms with Gasteiger partial charge >= 0.3 is 0 Å². The molecule has 0 aromatic rings. The Morgan fingerprint density at radius 2 is 2.00 bits per heavy atom. The lowest BCUT2D eigenvalue weighted by Crippen LogP contribution is -2.49. The summed E-state index contributed by atoms with van der Waals surface area (Å²) in [5.41, 5.74) is 2.65. The molecule has 1 fully saturated rings. The normalized spacial score (nSPS) is 20.6. The molecule has 1 unspecified atom stereocenters. The highest BCUT2D eigenvalue weighted by Crippen LogP contribution is 2.27. The van der Waals surface area contributed by atoms with E-state index >= 15 is 0 Å². The van der Waals surface area contributed by atoms with Gasteiger partial charge in [-0.05, 0) is 32.1 Å². The lowest BCUT2D eigenvalue weighted by molar-refractivity contribution is 0.282. The molecule has 94 valence electrons. The number of nitrogens with zero attached hydrogens (tertiary/aromatic N) is 1. The fourth-order valence-corrected chi connectivity index (χ4v) is 2.56. The van der Waals surface area contributed by atoms with Crippen LogP contribution >= 0.6 is 0 Å². The van der Waals surface area contributed by atoms with Gasteiger partial charge in [-0.15, -0.1) is 0 Å². The average molecular weight is 226 g/mol. The second-order valence-electron chi connectivity index (χ2n) is 4.52. The molecule has 1 rings (SSSR count). The highest BCUT2D eigenvalue weighted by molar-refractivity contribution is 5.79. The number of hydrogen-bond acceptors (Lipinski definition) is 2. The molecule has 0 aromatic carbocycles. The van der Waals surface area contributed by atoms with E-state index in [1.165, 1.54) is 32.1 Å². The van der Waals surface area contributed by atoms with Crippen molar-refractivity contribution in [3.05, 3.63) is 0 Å². The van der Waals surface area contributed by atoms with Gasteiger partial charge in [0.25, 0.3) is 0 Å². The van der Waals surface area contributed by atoms with Crippen LogP contribution in [0.2, 0.25) is 0 Å². The Kier molecular flexibility index (Phi) is 6.23. The number of nitrogens with two attached hydrogens (primary N) is 1. The number of rotatable bonds is 4. The van der Waals surface area contributed by atoms with Crippen molar-refractivity contribution in [2.45, 2.75) is 58.4 Å². The first-order chi connectivity index (χ1) is 7.81. The zero-order chi connectivity index (χ0) is 11.8. The molecule has 1 saturated carbocycles. The summed E-state index contributed by atoms with van der Waals surface area (Å²) in [6.45, 7) is 5.00. The predicted octanol–water partition coefficient (Wildman–Crippen LogP) is 1.77. The van der Waals surface area contributed by atoms with Crippen molar-refractivity contribution in [3.8, 4) is 0 Å². The first-order valence-electron chi connectivity index (χ1n) is 6.59. The molecule has 0 aliphatic heterocycles. The molecular formula is C12H26N4. The number of hydrogen-bond donors (Lipinski definition) is 3. The van der Waals surface area contributed by atoms with E-state index in [1.54, 1.807) is 0 Å². The van der Waals surface area contributed by atoms with Gasteiger partial charge in [0.2, 0.25) is 5.96 Å². The first-order valence-corrected chi connectivity index (χ1v) is 6.59. The van der Waals surface area contributed by atoms with Crippen molar-refractivity contribution in [1.29, 1.82) is 0 Å². The molecule has 0 amide bonds. The molecule has 0 spiro atoms. The van der Waals surface area contributed by atoms with E-state index in [0.717, 1.165) is 24.8 Å². The third kappa shape index (κ3) is 4.00. The third-order valence-corrected chi connectivity index (χ3v) is 3.43. The maximum Gasteiger partial charge on any atom is 0.205 e. The summed E-state index contributed by atoms with van der Waals surface area (Å²) in [7, 11) is 0. The van der Waals surface area contributed by atoms with E-state index in [4.69, 9.17) is 5.84 Å². The standard InChI is InChI=1S/C12H26N4/c1-3-11(10-8-6-5-7-9-10)15-12(16-13)14-4-2/h10-11H,3-9,13H2,1-2H3,(H2,14,15,16). The van der Waals surface area contributed by atoms with E-state index in [-0.39, 0.29) is 0 Å². The smallest absolute Gasteiger partial charge is 0.205 e. The number of hydrazine groups is 1.